The van der Waals surface area contributed by atoms with E-state index in [-0.39, 0.29) is 23.7 Å². The summed E-state index contributed by atoms with van der Waals surface area (Å²) >= 11 is 0. The van der Waals surface area contributed by atoms with Crippen molar-refractivity contribution in [1.82, 2.24) is 9.97 Å². The van der Waals surface area contributed by atoms with Gasteiger partial charge in [-0.3, -0.25) is 4.79 Å². The third-order valence-corrected chi connectivity index (χ3v) is 3.55. The molecule has 0 bridgehead atoms. The van der Waals surface area contributed by atoms with Crippen molar-refractivity contribution >= 4 is 5.78 Å². The molecule has 0 atom stereocenters. The zero-order chi connectivity index (χ0) is 18.6. The second-order valence-electron chi connectivity index (χ2n) is 5.44. The van der Waals surface area contributed by atoms with E-state index < -0.39 is 17.5 Å². The molecule has 0 aliphatic carbocycles. The Labute approximate surface area is 147 Å². The third-order valence-electron chi connectivity index (χ3n) is 3.55. The standard InChI is InChI=1S/C19H13F3N2O2/c20-19(21,22)16-8-4-7-14(9-16)17(25)15-10-23-18(24-11-15)26-12-13-5-2-1-3-6-13/h1-11H,12H2. The first kappa shape index (κ1) is 17.6. The lowest BCUT2D eigenvalue weighted by Crippen LogP contribution is -2.09. The van der Waals surface area contributed by atoms with Crippen molar-refractivity contribution in [2.45, 2.75) is 12.8 Å². The molecule has 3 aromatic rings. The summed E-state index contributed by atoms with van der Waals surface area (Å²) in [5, 5.41) is 0. The van der Waals surface area contributed by atoms with Crippen LogP contribution in [-0.2, 0) is 12.8 Å². The van der Waals surface area contributed by atoms with E-state index in [1.54, 1.807) is 0 Å². The van der Waals surface area contributed by atoms with Crippen molar-refractivity contribution in [2.75, 3.05) is 0 Å². The topological polar surface area (TPSA) is 52.1 Å². The number of aromatic nitrogens is 2. The minimum absolute atomic E-state index is 0.0782. The molecule has 0 saturated heterocycles. The van der Waals surface area contributed by atoms with Gasteiger partial charge in [0.05, 0.1) is 11.1 Å². The fraction of sp³-hybridized carbons (Fsp3) is 0.105. The zero-order valence-electron chi connectivity index (χ0n) is 13.4. The van der Waals surface area contributed by atoms with Crippen LogP contribution in [-0.4, -0.2) is 15.8 Å². The van der Waals surface area contributed by atoms with E-state index in [0.29, 0.717) is 0 Å². The van der Waals surface area contributed by atoms with E-state index in [2.05, 4.69) is 9.97 Å². The molecule has 1 heterocycles. The highest BCUT2D eigenvalue weighted by molar-refractivity contribution is 6.08. The number of ether oxygens (including phenoxy) is 1. The number of carbonyl (C=O) groups is 1. The number of alkyl halides is 3. The molecule has 4 nitrogen and oxygen atoms in total. The van der Waals surface area contributed by atoms with Crippen LogP contribution in [0.15, 0.2) is 67.0 Å². The molecule has 0 saturated carbocycles. The molecule has 0 amide bonds. The number of benzene rings is 2. The van der Waals surface area contributed by atoms with Crippen molar-refractivity contribution in [3.05, 3.63) is 89.2 Å². The van der Waals surface area contributed by atoms with Crippen molar-refractivity contribution in [3.63, 3.8) is 0 Å². The minimum atomic E-state index is -4.51. The molecule has 1 aromatic heterocycles. The molecule has 0 aliphatic rings. The lowest BCUT2D eigenvalue weighted by atomic mass is 10.0. The minimum Gasteiger partial charge on any atom is -0.459 e. The molecule has 7 heteroatoms. The Kier molecular flexibility index (Phi) is 4.97. The van der Waals surface area contributed by atoms with Gasteiger partial charge >= 0.3 is 12.2 Å². The van der Waals surface area contributed by atoms with Gasteiger partial charge in [0.2, 0.25) is 0 Å². The summed E-state index contributed by atoms with van der Waals surface area (Å²) < 4.78 is 43.7. The summed E-state index contributed by atoms with van der Waals surface area (Å²) in [6.45, 7) is 0.266. The maximum absolute atomic E-state index is 12.8. The summed E-state index contributed by atoms with van der Waals surface area (Å²) in [5.41, 5.74) is 0.0464. The molecule has 0 radical (unpaired) electrons. The van der Waals surface area contributed by atoms with Gasteiger partial charge < -0.3 is 4.74 Å². The van der Waals surface area contributed by atoms with Crippen LogP contribution in [0.25, 0.3) is 0 Å². The maximum Gasteiger partial charge on any atom is 0.416 e. The van der Waals surface area contributed by atoms with E-state index in [4.69, 9.17) is 4.74 Å². The second-order valence-corrected chi connectivity index (χ2v) is 5.44. The van der Waals surface area contributed by atoms with Gasteiger partial charge in [0.25, 0.3) is 0 Å². The van der Waals surface area contributed by atoms with Crippen LogP contribution in [0.5, 0.6) is 6.01 Å². The summed E-state index contributed by atoms with van der Waals surface area (Å²) in [4.78, 5) is 20.2. The quantitative estimate of drug-likeness (QED) is 0.638. The first-order chi connectivity index (χ1) is 12.4. The van der Waals surface area contributed by atoms with Gasteiger partial charge in [-0.25, -0.2) is 9.97 Å². The number of nitrogens with zero attached hydrogens (tertiary/aromatic N) is 2. The molecule has 0 aliphatic heterocycles. The Balaban J connectivity index is 1.71. The van der Waals surface area contributed by atoms with Crippen LogP contribution in [0.1, 0.15) is 27.0 Å². The van der Waals surface area contributed by atoms with Crippen LogP contribution in [0.4, 0.5) is 13.2 Å². The fourth-order valence-corrected chi connectivity index (χ4v) is 2.23. The number of hydrogen-bond acceptors (Lipinski definition) is 4. The number of hydrogen-bond donors (Lipinski definition) is 0. The van der Waals surface area contributed by atoms with E-state index in [1.807, 2.05) is 30.3 Å². The molecule has 0 N–H and O–H groups in total. The van der Waals surface area contributed by atoms with E-state index in [9.17, 15) is 18.0 Å². The van der Waals surface area contributed by atoms with Gasteiger partial charge in [0, 0.05) is 18.0 Å². The number of halogens is 3. The predicted molar refractivity (Wildman–Crippen MR) is 87.7 cm³/mol. The summed E-state index contributed by atoms with van der Waals surface area (Å²) in [6.07, 6.45) is -2.05. The number of ketones is 1. The van der Waals surface area contributed by atoms with E-state index >= 15 is 0 Å². The molecule has 3 rings (SSSR count). The lowest BCUT2D eigenvalue weighted by molar-refractivity contribution is -0.137. The SMILES string of the molecule is O=C(c1cnc(OCc2ccccc2)nc1)c1cccc(C(F)(F)F)c1. The van der Waals surface area contributed by atoms with Crippen LogP contribution >= 0.6 is 0 Å². The van der Waals surface area contributed by atoms with E-state index in [1.165, 1.54) is 24.5 Å². The Hall–Kier alpha value is -3.22. The Morgan fingerprint density at radius 1 is 0.923 bits per heavy atom. The Morgan fingerprint density at radius 3 is 2.27 bits per heavy atom. The molecule has 0 spiro atoms. The Morgan fingerprint density at radius 2 is 1.62 bits per heavy atom. The maximum atomic E-state index is 12.8. The fourth-order valence-electron chi connectivity index (χ4n) is 2.23. The highest BCUT2D eigenvalue weighted by atomic mass is 19.4. The number of rotatable bonds is 5. The van der Waals surface area contributed by atoms with Gasteiger partial charge in [0.15, 0.2) is 5.78 Å². The summed E-state index contributed by atoms with van der Waals surface area (Å²) in [7, 11) is 0. The number of carbonyl (C=O) groups excluding carboxylic acids is 1. The van der Waals surface area contributed by atoms with Gasteiger partial charge in [-0.2, -0.15) is 13.2 Å². The van der Waals surface area contributed by atoms with Crippen molar-refractivity contribution in [3.8, 4) is 6.01 Å². The summed E-state index contributed by atoms with van der Waals surface area (Å²) in [5.74, 6) is -0.592. The van der Waals surface area contributed by atoms with Gasteiger partial charge in [-0.15, -0.1) is 0 Å². The monoisotopic (exact) mass is 358 g/mol. The van der Waals surface area contributed by atoms with Crippen LogP contribution < -0.4 is 4.74 Å². The first-order valence-electron chi connectivity index (χ1n) is 7.64. The van der Waals surface area contributed by atoms with Crippen LogP contribution in [0.2, 0.25) is 0 Å². The molecular weight excluding hydrogens is 345 g/mol. The molecule has 26 heavy (non-hydrogen) atoms. The first-order valence-corrected chi connectivity index (χ1v) is 7.64. The van der Waals surface area contributed by atoms with E-state index in [0.717, 1.165) is 17.7 Å². The van der Waals surface area contributed by atoms with Crippen LogP contribution in [0, 0.1) is 0 Å². The Bertz CT molecular complexity index is 895. The largest absolute Gasteiger partial charge is 0.459 e. The van der Waals surface area contributed by atoms with Crippen molar-refractivity contribution in [2.24, 2.45) is 0 Å². The molecule has 0 unspecified atom stereocenters. The van der Waals surface area contributed by atoms with Crippen molar-refractivity contribution in [1.29, 1.82) is 0 Å². The second kappa shape index (κ2) is 7.35. The normalized spacial score (nSPS) is 11.2. The van der Waals surface area contributed by atoms with Gasteiger partial charge in [0.1, 0.15) is 6.61 Å². The summed E-state index contributed by atoms with van der Waals surface area (Å²) in [6, 6.07) is 13.7. The highest BCUT2D eigenvalue weighted by Crippen LogP contribution is 2.30. The van der Waals surface area contributed by atoms with Crippen molar-refractivity contribution < 1.29 is 22.7 Å². The predicted octanol–water partition coefficient (Wildman–Crippen LogP) is 4.31. The third kappa shape index (κ3) is 4.24. The molecule has 132 valence electrons. The molecular formula is C19H13F3N2O2. The van der Waals surface area contributed by atoms with Crippen LogP contribution in [0.3, 0.4) is 0 Å². The average molecular weight is 358 g/mol. The van der Waals surface area contributed by atoms with Gasteiger partial charge in [-0.1, -0.05) is 42.5 Å². The van der Waals surface area contributed by atoms with Gasteiger partial charge in [-0.05, 0) is 17.7 Å². The highest BCUT2D eigenvalue weighted by Gasteiger charge is 2.31. The zero-order valence-corrected chi connectivity index (χ0v) is 13.4. The lowest BCUT2D eigenvalue weighted by Gasteiger charge is -2.08. The molecule has 0 fully saturated rings. The molecule has 2 aromatic carbocycles. The average Bonchev–Trinajstić information content (AvgIpc) is 2.66. The smallest absolute Gasteiger partial charge is 0.416 e.